The first kappa shape index (κ1) is 26.1. The molecule has 186 valence electrons. The van der Waals surface area contributed by atoms with Crippen molar-refractivity contribution < 1.29 is 22.7 Å². The molecule has 0 aromatic heterocycles. The van der Waals surface area contributed by atoms with Gasteiger partial charge in [0.2, 0.25) is 10.0 Å². The summed E-state index contributed by atoms with van der Waals surface area (Å²) >= 11 is 0. The number of nitrogens with zero attached hydrogens (tertiary/aromatic N) is 1. The highest BCUT2D eigenvalue weighted by Crippen LogP contribution is 2.24. The summed E-state index contributed by atoms with van der Waals surface area (Å²) in [5.74, 6) is 1.25. The van der Waals surface area contributed by atoms with Crippen LogP contribution in [0.25, 0.3) is 0 Å². The van der Waals surface area contributed by atoms with Crippen LogP contribution >= 0.6 is 0 Å². The van der Waals surface area contributed by atoms with E-state index >= 15 is 0 Å². The van der Waals surface area contributed by atoms with Gasteiger partial charge in [0.1, 0.15) is 18.1 Å². The molecule has 8 heteroatoms. The monoisotopic (exact) mass is 496 g/mol. The quantitative estimate of drug-likeness (QED) is 0.396. The molecule has 0 aliphatic heterocycles. The number of anilines is 1. The maximum atomic E-state index is 12.5. The molecule has 0 radical (unpaired) electrons. The summed E-state index contributed by atoms with van der Waals surface area (Å²) in [5, 5.41) is 2.84. The van der Waals surface area contributed by atoms with Crippen molar-refractivity contribution in [3.63, 3.8) is 0 Å². The molecule has 35 heavy (non-hydrogen) atoms. The molecule has 3 rings (SSSR count). The molecule has 0 spiro atoms. The fraction of sp³-hybridized carbons (Fsp3) is 0.296. The van der Waals surface area contributed by atoms with Gasteiger partial charge in [-0.15, -0.1) is 0 Å². The van der Waals surface area contributed by atoms with Gasteiger partial charge in [-0.1, -0.05) is 18.2 Å². The Kier molecular flexibility index (Phi) is 8.76. The number of carbonyl (C=O) groups excluding carboxylic acids is 1. The molecular weight excluding hydrogens is 464 g/mol. The minimum Gasteiger partial charge on any atom is -0.494 e. The summed E-state index contributed by atoms with van der Waals surface area (Å²) in [6.45, 7) is 7.33. The van der Waals surface area contributed by atoms with Gasteiger partial charge in [-0.25, -0.2) is 8.42 Å². The van der Waals surface area contributed by atoms with Crippen molar-refractivity contribution in [2.45, 2.75) is 27.3 Å². The summed E-state index contributed by atoms with van der Waals surface area (Å²) in [6, 6.07) is 19.8. The average Bonchev–Trinajstić information content (AvgIpc) is 2.80. The van der Waals surface area contributed by atoms with Crippen LogP contribution in [0.3, 0.4) is 0 Å². The number of hydrogen-bond donors (Lipinski definition) is 1. The molecule has 0 bridgehead atoms. The maximum Gasteiger partial charge on any atom is 0.251 e. The van der Waals surface area contributed by atoms with Crippen LogP contribution < -0.4 is 19.1 Å². The minimum absolute atomic E-state index is 0.151. The summed E-state index contributed by atoms with van der Waals surface area (Å²) in [7, 11) is -3.51. The van der Waals surface area contributed by atoms with E-state index < -0.39 is 10.0 Å². The maximum absolute atomic E-state index is 12.5. The lowest BCUT2D eigenvalue weighted by atomic mass is 10.1. The van der Waals surface area contributed by atoms with E-state index in [0.29, 0.717) is 36.8 Å². The van der Waals surface area contributed by atoms with E-state index in [1.807, 2.05) is 32.9 Å². The third-order valence-corrected chi connectivity index (χ3v) is 6.37. The molecule has 0 saturated carbocycles. The zero-order chi connectivity index (χ0) is 25.4. The van der Waals surface area contributed by atoms with Gasteiger partial charge >= 0.3 is 0 Å². The third kappa shape index (κ3) is 7.75. The van der Waals surface area contributed by atoms with Gasteiger partial charge in [-0.05, 0) is 86.0 Å². The number of carbonyl (C=O) groups is 1. The van der Waals surface area contributed by atoms with E-state index in [9.17, 15) is 13.2 Å². The first-order valence-electron chi connectivity index (χ1n) is 11.4. The van der Waals surface area contributed by atoms with Crippen LogP contribution in [0.2, 0.25) is 0 Å². The normalized spacial score (nSPS) is 11.1. The fourth-order valence-electron chi connectivity index (χ4n) is 3.65. The number of aryl methyl sites for hydroxylation is 2. The van der Waals surface area contributed by atoms with Crippen LogP contribution in [0.5, 0.6) is 11.5 Å². The molecule has 0 unspecified atom stereocenters. The van der Waals surface area contributed by atoms with Crippen molar-refractivity contribution >= 4 is 21.6 Å². The van der Waals surface area contributed by atoms with E-state index in [-0.39, 0.29) is 12.5 Å². The number of hydrogen-bond acceptors (Lipinski definition) is 5. The number of rotatable bonds is 11. The zero-order valence-corrected chi connectivity index (χ0v) is 21.4. The molecule has 0 saturated heterocycles. The third-order valence-electron chi connectivity index (χ3n) is 5.23. The van der Waals surface area contributed by atoms with Crippen LogP contribution in [0.15, 0.2) is 66.7 Å². The van der Waals surface area contributed by atoms with Gasteiger partial charge in [-0.3, -0.25) is 9.10 Å². The molecule has 0 aliphatic carbocycles. The Labute approximate surface area is 207 Å². The Bertz CT molecular complexity index is 1220. The lowest BCUT2D eigenvalue weighted by molar-refractivity contribution is 0.0947. The molecule has 1 amide bonds. The van der Waals surface area contributed by atoms with Crippen LogP contribution in [-0.4, -0.2) is 40.3 Å². The Morgan fingerprint density at radius 2 is 1.51 bits per heavy atom. The molecule has 0 fully saturated rings. The number of sulfonamides is 1. The van der Waals surface area contributed by atoms with Gasteiger partial charge in [-0.2, -0.15) is 0 Å². The Balaban J connectivity index is 1.57. The van der Waals surface area contributed by atoms with Gasteiger partial charge in [0.25, 0.3) is 5.91 Å². The van der Waals surface area contributed by atoms with Gasteiger partial charge in [0.05, 0.1) is 31.6 Å². The number of benzene rings is 3. The first-order valence-corrected chi connectivity index (χ1v) is 13.3. The highest BCUT2D eigenvalue weighted by Gasteiger charge is 2.18. The number of nitrogens with one attached hydrogen (secondary N) is 1. The van der Waals surface area contributed by atoms with Crippen LogP contribution in [0, 0.1) is 13.8 Å². The Hall–Kier alpha value is -3.52. The molecule has 7 nitrogen and oxygen atoms in total. The summed E-state index contributed by atoms with van der Waals surface area (Å²) < 4.78 is 37.3. The van der Waals surface area contributed by atoms with Crippen molar-refractivity contribution in [2.24, 2.45) is 0 Å². The number of amides is 1. The van der Waals surface area contributed by atoms with E-state index in [4.69, 9.17) is 9.47 Å². The van der Waals surface area contributed by atoms with Gasteiger partial charge in [0.15, 0.2) is 0 Å². The molecule has 1 N–H and O–H groups in total. The van der Waals surface area contributed by atoms with Crippen LogP contribution in [0.4, 0.5) is 5.69 Å². The van der Waals surface area contributed by atoms with Crippen molar-refractivity contribution in [3.8, 4) is 11.5 Å². The Morgan fingerprint density at radius 3 is 2.09 bits per heavy atom. The second-order valence-electron chi connectivity index (χ2n) is 8.32. The van der Waals surface area contributed by atoms with Gasteiger partial charge < -0.3 is 14.8 Å². The molecule has 3 aromatic carbocycles. The molecule has 0 aliphatic rings. The van der Waals surface area contributed by atoms with E-state index in [0.717, 1.165) is 22.4 Å². The minimum atomic E-state index is -3.51. The topological polar surface area (TPSA) is 84.9 Å². The highest BCUT2D eigenvalue weighted by atomic mass is 32.2. The molecule has 0 atom stereocenters. The smallest absolute Gasteiger partial charge is 0.251 e. The zero-order valence-electron chi connectivity index (χ0n) is 20.6. The molecular formula is C27H32N2O5S. The fourth-order valence-corrected chi connectivity index (χ4v) is 4.54. The van der Waals surface area contributed by atoms with E-state index in [1.165, 1.54) is 10.6 Å². The van der Waals surface area contributed by atoms with Crippen molar-refractivity contribution in [1.29, 1.82) is 0 Å². The van der Waals surface area contributed by atoms with Crippen molar-refractivity contribution in [1.82, 2.24) is 5.32 Å². The average molecular weight is 497 g/mol. The first-order chi connectivity index (χ1) is 16.7. The van der Waals surface area contributed by atoms with Crippen molar-refractivity contribution in [3.05, 3.63) is 89.0 Å². The van der Waals surface area contributed by atoms with Crippen LogP contribution in [-0.2, 0) is 16.6 Å². The lowest BCUT2D eigenvalue weighted by Crippen LogP contribution is -2.29. The predicted octanol–water partition coefficient (Wildman–Crippen LogP) is 4.48. The largest absolute Gasteiger partial charge is 0.494 e. The van der Waals surface area contributed by atoms with E-state index in [2.05, 4.69) is 11.4 Å². The molecule has 0 heterocycles. The summed E-state index contributed by atoms with van der Waals surface area (Å²) in [4.78, 5) is 12.5. The molecule has 3 aromatic rings. The second kappa shape index (κ2) is 11.8. The Morgan fingerprint density at radius 1 is 0.886 bits per heavy atom. The van der Waals surface area contributed by atoms with Gasteiger partial charge in [0, 0.05) is 5.56 Å². The SMILES string of the molecule is CCOc1ccc(N(Cc2ccc(C(=O)NCCOc3cc(C)cc(C)c3)cc2)S(C)(=O)=O)cc1. The number of ether oxygens (including phenoxy) is 2. The summed E-state index contributed by atoms with van der Waals surface area (Å²) in [5.41, 5.74) is 4.05. The lowest BCUT2D eigenvalue weighted by Gasteiger charge is -2.23. The highest BCUT2D eigenvalue weighted by molar-refractivity contribution is 7.92. The van der Waals surface area contributed by atoms with Crippen LogP contribution in [0.1, 0.15) is 34.0 Å². The second-order valence-corrected chi connectivity index (χ2v) is 10.2. The van der Waals surface area contributed by atoms with E-state index in [1.54, 1.807) is 48.5 Å². The predicted molar refractivity (Wildman–Crippen MR) is 139 cm³/mol. The van der Waals surface area contributed by atoms with Crippen molar-refractivity contribution in [2.75, 3.05) is 30.3 Å². The standard InChI is InChI=1S/C27H32N2O5S/c1-5-33-25-12-10-24(11-13-25)29(35(4,31)32)19-22-6-8-23(9-7-22)27(30)28-14-15-34-26-17-20(2)16-21(3)18-26/h6-13,16-18H,5,14-15,19H2,1-4H3,(H,28,30). The summed E-state index contributed by atoms with van der Waals surface area (Å²) in [6.07, 6.45) is 1.17.